The van der Waals surface area contributed by atoms with Crippen molar-refractivity contribution in [3.8, 4) is 5.75 Å². The molecular weight excluding hydrogens is 340 g/mol. The predicted octanol–water partition coefficient (Wildman–Crippen LogP) is 2.66. The third-order valence-electron chi connectivity index (χ3n) is 4.97. The number of benzene rings is 1. The summed E-state index contributed by atoms with van der Waals surface area (Å²) in [5.41, 5.74) is 1.15. The molecule has 0 bridgehead atoms. The fraction of sp³-hybridized carbons (Fsp3) is 0.429. The van der Waals surface area contributed by atoms with Gasteiger partial charge < -0.3 is 9.64 Å². The lowest BCUT2D eigenvalue weighted by atomic mass is 10.2. The summed E-state index contributed by atoms with van der Waals surface area (Å²) in [5.74, 6) is 1.76. The monoisotopic (exact) mass is 368 g/mol. The molecule has 1 amide bonds. The zero-order valence-corrected chi connectivity index (χ0v) is 16.2. The van der Waals surface area contributed by atoms with Crippen LogP contribution in [-0.2, 0) is 4.79 Å². The number of hydrogen-bond donors (Lipinski definition) is 0. The lowest BCUT2D eigenvalue weighted by molar-refractivity contribution is -0.118. The Bertz CT molecular complexity index is 730. The number of anilines is 2. The average molecular weight is 368 g/mol. The van der Waals surface area contributed by atoms with E-state index < -0.39 is 0 Å². The van der Waals surface area contributed by atoms with Crippen molar-refractivity contribution in [2.24, 2.45) is 0 Å². The quantitative estimate of drug-likeness (QED) is 0.752. The van der Waals surface area contributed by atoms with Gasteiger partial charge in [0.15, 0.2) is 0 Å². The SMILES string of the molecule is CCC(=O)N(CCN1CCN(c2ccccc2OC)CC1)c1ccccn1. The summed E-state index contributed by atoms with van der Waals surface area (Å²) < 4.78 is 5.49. The van der Waals surface area contributed by atoms with Crippen LogP contribution in [0.3, 0.4) is 0 Å². The van der Waals surface area contributed by atoms with Gasteiger partial charge in [-0.2, -0.15) is 0 Å². The molecule has 1 aromatic carbocycles. The van der Waals surface area contributed by atoms with Crippen molar-refractivity contribution in [1.29, 1.82) is 0 Å². The van der Waals surface area contributed by atoms with Gasteiger partial charge in [0, 0.05) is 51.9 Å². The number of carbonyl (C=O) groups is 1. The molecule has 6 heteroatoms. The van der Waals surface area contributed by atoms with Gasteiger partial charge in [-0.05, 0) is 24.3 Å². The Labute approximate surface area is 161 Å². The van der Waals surface area contributed by atoms with Crippen LogP contribution in [0.1, 0.15) is 13.3 Å². The molecule has 0 N–H and O–H groups in total. The van der Waals surface area contributed by atoms with Crippen LogP contribution in [0.4, 0.5) is 11.5 Å². The van der Waals surface area contributed by atoms with Gasteiger partial charge in [0.05, 0.1) is 12.8 Å². The zero-order valence-electron chi connectivity index (χ0n) is 16.2. The van der Waals surface area contributed by atoms with E-state index >= 15 is 0 Å². The summed E-state index contributed by atoms with van der Waals surface area (Å²) in [7, 11) is 1.71. The highest BCUT2D eigenvalue weighted by Crippen LogP contribution is 2.28. The molecule has 0 radical (unpaired) electrons. The number of methoxy groups -OCH3 is 1. The van der Waals surface area contributed by atoms with Gasteiger partial charge in [-0.15, -0.1) is 0 Å². The van der Waals surface area contributed by atoms with Crippen molar-refractivity contribution >= 4 is 17.4 Å². The van der Waals surface area contributed by atoms with Crippen LogP contribution in [0.15, 0.2) is 48.7 Å². The summed E-state index contributed by atoms with van der Waals surface area (Å²) in [6.45, 7) is 7.24. The van der Waals surface area contributed by atoms with Crippen molar-refractivity contribution in [3.05, 3.63) is 48.7 Å². The highest BCUT2D eigenvalue weighted by Gasteiger charge is 2.21. The standard InChI is InChI=1S/C21H28N4O2/c1-3-21(26)25(20-10-6-7-11-22-20)17-14-23-12-15-24(16-13-23)18-8-4-5-9-19(18)27-2/h4-11H,3,12-17H2,1-2H3. The number of pyridine rings is 1. The molecule has 0 unspecified atom stereocenters. The van der Waals surface area contributed by atoms with Gasteiger partial charge in [0.25, 0.3) is 0 Å². The number of rotatable bonds is 7. The summed E-state index contributed by atoms with van der Waals surface area (Å²) in [6.07, 6.45) is 2.22. The maximum Gasteiger partial charge on any atom is 0.227 e. The Morgan fingerprint density at radius 2 is 1.85 bits per heavy atom. The number of hydrogen-bond acceptors (Lipinski definition) is 5. The minimum Gasteiger partial charge on any atom is -0.495 e. The predicted molar refractivity (Wildman–Crippen MR) is 109 cm³/mol. The molecule has 0 aliphatic carbocycles. The van der Waals surface area contributed by atoms with Crippen molar-refractivity contribution in [2.75, 3.05) is 56.2 Å². The van der Waals surface area contributed by atoms with Gasteiger partial charge in [-0.3, -0.25) is 14.6 Å². The molecule has 0 saturated carbocycles. The van der Waals surface area contributed by atoms with Gasteiger partial charge in [0.2, 0.25) is 5.91 Å². The summed E-state index contributed by atoms with van der Waals surface area (Å²) in [6, 6.07) is 13.8. The normalized spacial score (nSPS) is 14.8. The van der Waals surface area contributed by atoms with Crippen LogP contribution < -0.4 is 14.5 Å². The Hall–Kier alpha value is -2.60. The Kier molecular flexibility index (Phi) is 6.65. The summed E-state index contributed by atoms with van der Waals surface area (Å²) >= 11 is 0. The van der Waals surface area contributed by atoms with E-state index in [1.54, 1.807) is 18.2 Å². The molecule has 144 valence electrons. The second kappa shape index (κ2) is 9.37. The van der Waals surface area contributed by atoms with Gasteiger partial charge >= 0.3 is 0 Å². The molecule has 27 heavy (non-hydrogen) atoms. The first-order valence-electron chi connectivity index (χ1n) is 9.54. The number of piperazine rings is 1. The molecule has 0 spiro atoms. The van der Waals surface area contributed by atoms with Crippen molar-refractivity contribution in [2.45, 2.75) is 13.3 Å². The van der Waals surface area contributed by atoms with Crippen molar-refractivity contribution < 1.29 is 9.53 Å². The number of carbonyl (C=O) groups excluding carboxylic acids is 1. The van der Waals surface area contributed by atoms with E-state index in [0.29, 0.717) is 13.0 Å². The fourth-order valence-electron chi connectivity index (χ4n) is 3.42. The van der Waals surface area contributed by atoms with Gasteiger partial charge in [0.1, 0.15) is 11.6 Å². The lowest BCUT2D eigenvalue weighted by Gasteiger charge is -2.37. The first kappa shape index (κ1) is 19.2. The number of para-hydroxylation sites is 2. The van der Waals surface area contributed by atoms with Crippen LogP contribution in [-0.4, -0.2) is 62.2 Å². The molecule has 2 aromatic rings. The van der Waals surface area contributed by atoms with Crippen LogP contribution >= 0.6 is 0 Å². The Morgan fingerprint density at radius 3 is 2.52 bits per heavy atom. The zero-order chi connectivity index (χ0) is 19.1. The maximum absolute atomic E-state index is 12.3. The first-order valence-corrected chi connectivity index (χ1v) is 9.54. The third-order valence-corrected chi connectivity index (χ3v) is 4.97. The minimum atomic E-state index is 0.112. The molecule has 6 nitrogen and oxygen atoms in total. The van der Waals surface area contributed by atoms with Crippen LogP contribution in [0.5, 0.6) is 5.75 Å². The van der Waals surface area contributed by atoms with E-state index in [9.17, 15) is 4.79 Å². The number of nitrogens with zero attached hydrogens (tertiary/aromatic N) is 4. The first-order chi connectivity index (χ1) is 13.2. The smallest absolute Gasteiger partial charge is 0.227 e. The van der Waals surface area contributed by atoms with Crippen LogP contribution in [0.25, 0.3) is 0 Å². The minimum absolute atomic E-state index is 0.112. The van der Waals surface area contributed by atoms with Crippen LogP contribution in [0.2, 0.25) is 0 Å². The molecule has 1 aliphatic heterocycles. The highest BCUT2D eigenvalue weighted by atomic mass is 16.5. The summed E-state index contributed by atoms with van der Waals surface area (Å²) in [4.78, 5) is 23.3. The van der Waals surface area contributed by atoms with E-state index in [1.165, 1.54) is 0 Å². The molecule has 1 fully saturated rings. The van der Waals surface area contributed by atoms with Crippen LogP contribution in [0, 0.1) is 0 Å². The largest absolute Gasteiger partial charge is 0.495 e. The van der Waals surface area contributed by atoms with E-state index in [-0.39, 0.29) is 5.91 Å². The van der Waals surface area contributed by atoms with Crippen molar-refractivity contribution in [1.82, 2.24) is 9.88 Å². The molecule has 1 saturated heterocycles. The Morgan fingerprint density at radius 1 is 1.11 bits per heavy atom. The number of aromatic nitrogens is 1. The topological polar surface area (TPSA) is 48.9 Å². The average Bonchev–Trinajstić information content (AvgIpc) is 2.75. The number of ether oxygens (including phenoxy) is 1. The molecule has 1 aliphatic rings. The molecular formula is C21H28N4O2. The summed E-state index contributed by atoms with van der Waals surface area (Å²) in [5, 5.41) is 0. The lowest BCUT2D eigenvalue weighted by Crippen LogP contribution is -2.49. The number of amides is 1. The van der Waals surface area contributed by atoms with Crippen molar-refractivity contribution in [3.63, 3.8) is 0 Å². The van der Waals surface area contributed by atoms with Gasteiger partial charge in [-0.1, -0.05) is 25.1 Å². The second-order valence-corrected chi connectivity index (χ2v) is 6.59. The van der Waals surface area contributed by atoms with E-state index in [4.69, 9.17) is 4.74 Å². The molecule has 1 aromatic heterocycles. The van der Waals surface area contributed by atoms with Gasteiger partial charge in [-0.25, -0.2) is 4.98 Å². The fourth-order valence-corrected chi connectivity index (χ4v) is 3.42. The Balaban J connectivity index is 1.56. The second-order valence-electron chi connectivity index (χ2n) is 6.59. The maximum atomic E-state index is 12.3. The van der Waals surface area contributed by atoms with E-state index in [1.807, 2.05) is 43.3 Å². The molecule has 0 atom stereocenters. The molecule has 3 rings (SSSR count). The van der Waals surface area contributed by atoms with E-state index in [0.717, 1.165) is 50.0 Å². The highest BCUT2D eigenvalue weighted by molar-refractivity contribution is 5.92. The third kappa shape index (κ3) is 4.77. The van der Waals surface area contributed by atoms with E-state index in [2.05, 4.69) is 20.9 Å². The molecule has 2 heterocycles.